The first kappa shape index (κ1) is 8.32. The van der Waals surface area contributed by atoms with Gasteiger partial charge in [-0.15, -0.1) is 0 Å². The van der Waals surface area contributed by atoms with Gasteiger partial charge in [-0.05, 0) is 31.5 Å². The summed E-state index contributed by atoms with van der Waals surface area (Å²) >= 11 is 0. The summed E-state index contributed by atoms with van der Waals surface area (Å²) in [5.41, 5.74) is 7.89. The highest BCUT2D eigenvalue weighted by atomic mass is 16.3. The van der Waals surface area contributed by atoms with Gasteiger partial charge in [0, 0.05) is 5.39 Å². The molecule has 2 N–H and O–H groups in total. The smallest absolute Gasteiger partial charge is 0.134 e. The third-order valence-electron chi connectivity index (χ3n) is 2.25. The minimum atomic E-state index is -0.0354. The predicted octanol–water partition coefficient (Wildman–Crippen LogP) is 2.76. The summed E-state index contributed by atoms with van der Waals surface area (Å²) in [7, 11) is 0. The minimum absolute atomic E-state index is 0.0354. The van der Waals surface area contributed by atoms with Crippen LogP contribution in [-0.4, -0.2) is 0 Å². The molecule has 0 aliphatic rings. The summed E-state index contributed by atoms with van der Waals surface area (Å²) in [5, 5.41) is 1.16. The Balaban J connectivity index is 2.68. The van der Waals surface area contributed by atoms with Crippen molar-refractivity contribution < 1.29 is 4.42 Å². The molecule has 0 fully saturated rings. The number of rotatable bonds is 1. The van der Waals surface area contributed by atoms with Crippen molar-refractivity contribution in [2.75, 3.05) is 0 Å². The van der Waals surface area contributed by atoms with Crippen LogP contribution in [0.2, 0.25) is 0 Å². The summed E-state index contributed by atoms with van der Waals surface area (Å²) in [6.07, 6.45) is 0. The monoisotopic (exact) mass is 175 g/mol. The Morgan fingerprint density at radius 1 is 1.38 bits per heavy atom. The third-order valence-corrected chi connectivity index (χ3v) is 2.25. The van der Waals surface area contributed by atoms with Crippen molar-refractivity contribution in [3.63, 3.8) is 0 Å². The number of hydrogen-bond donors (Lipinski definition) is 1. The lowest BCUT2D eigenvalue weighted by Gasteiger charge is -1.96. The third kappa shape index (κ3) is 1.33. The standard InChI is InChI=1S/C11H13NO/c1-7-4-3-5-10-9(7)6-11(13-10)8(2)12/h3-6,8H,12H2,1-2H3. The van der Waals surface area contributed by atoms with Crippen LogP contribution >= 0.6 is 0 Å². The maximum absolute atomic E-state index is 5.73. The predicted molar refractivity (Wildman–Crippen MR) is 53.6 cm³/mol. The van der Waals surface area contributed by atoms with Crippen molar-refractivity contribution in [1.82, 2.24) is 0 Å². The molecule has 0 amide bonds. The maximum Gasteiger partial charge on any atom is 0.134 e. The Labute approximate surface area is 77.3 Å². The second-order valence-electron chi connectivity index (χ2n) is 3.42. The summed E-state index contributed by atoms with van der Waals surface area (Å²) < 4.78 is 5.59. The van der Waals surface area contributed by atoms with E-state index >= 15 is 0 Å². The molecule has 0 spiro atoms. The van der Waals surface area contributed by atoms with E-state index in [1.165, 1.54) is 5.56 Å². The lowest BCUT2D eigenvalue weighted by molar-refractivity contribution is 0.513. The minimum Gasteiger partial charge on any atom is -0.459 e. The van der Waals surface area contributed by atoms with Gasteiger partial charge in [0.2, 0.25) is 0 Å². The zero-order chi connectivity index (χ0) is 9.42. The molecule has 2 aromatic rings. The Bertz CT molecular complexity index is 429. The van der Waals surface area contributed by atoms with E-state index in [-0.39, 0.29) is 6.04 Å². The first-order chi connectivity index (χ1) is 6.18. The van der Waals surface area contributed by atoms with Crippen LogP contribution in [0.1, 0.15) is 24.3 Å². The van der Waals surface area contributed by atoms with Gasteiger partial charge < -0.3 is 10.2 Å². The van der Waals surface area contributed by atoms with Gasteiger partial charge in [-0.25, -0.2) is 0 Å². The number of hydrogen-bond acceptors (Lipinski definition) is 2. The van der Waals surface area contributed by atoms with E-state index in [0.717, 1.165) is 16.7 Å². The number of furan rings is 1. The summed E-state index contributed by atoms with van der Waals surface area (Å²) in [4.78, 5) is 0. The second-order valence-corrected chi connectivity index (χ2v) is 3.42. The molecule has 0 saturated heterocycles. The highest BCUT2D eigenvalue weighted by molar-refractivity contribution is 5.81. The lowest BCUT2D eigenvalue weighted by Crippen LogP contribution is -2.02. The van der Waals surface area contributed by atoms with Gasteiger partial charge in [-0.1, -0.05) is 12.1 Å². The van der Waals surface area contributed by atoms with Crippen molar-refractivity contribution in [1.29, 1.82) is 0 Å². The first-order valence-electron chi connectivity index (χ1n) is 4.43. The van der Waals surface area contributed by atoms with Crippen LogP contribution in [-0.2, 0) is 0 Å². The van der Waals surface area contributed by atoms with Gasteiger partial charge >= 0.3 is 0 Å². The maximum atomic E-state index is 5.73. The van der Waals surface area contributed by atoms with Crippen molar-refractivity contribution in [3.8, 4) is 0 Å². The molecule has 1 heterocycles. The van der Waals surface area contributed by atoms with Gasteiger partial charge in [0.25, 0.3) is 0 Å². The van der Waals surface area contributed by atoms with Crippen LogP contribution in [0, 0.1) is 6.92 Å². The summed E-state index contributed by atoms with van der Waals surface area (Å²) in [6.45, 7) is 4.00. The largest absolute Gasteiger partial charge is 0.459 e. The van der Waals surface area contributed by atoms with E-state index in [0.29, 0.717) is 0 Å². The fourth-order valence-electron chi connectivity index (χ4n) is 1.45. The Kier molecular flexibility index (Phi) is 1.85. The fourth-order valence-corrected chi connectivity index (χ4v) is 1.45. The first-order valence-corrected chi connectivity index (χ1v) is 4.43. The highest BCUT2D eigenvalue weighted by Gasteiger charge is 2.07. The fraction of sp³-hybridized carbons (Fsp3) is 0.273. The molecule has 0 saturated carbocycles. The van der Waals surface area contributed by atoms with Crippen LogP contribution in [0.15, 0.2) is 28.7 Å². The average Bonchev–Trinajstić information content (AvgIpc) is 2.49. The molecule has 2 rings (SSSR count). The molecule has 1 aromatic carbocycles. The van der Waals surface area contributed by atoms with E-state index in [4.69, 9.17) is 10.2 Å². The zero-order valence-electron chi connectivity index (χ0n) is 7.87. The van der Waals surface area contributed by atoms with Gasteiger partial charge in [-0.2, -0.15) is 0 Å². The van der Waals surface area contributed by atoms with Crippen LogP contribution in [0.5, 0.6) is 0 Å². The molecule has 1 unspecified atom stereocenters. The second kappa shape index (κ2) is 2.89. The summed E-state index contributed by atoms with van der Waals surface area (Å²) in [6, 6.07) is 8.02. The van der Waals surface area contributed by atoms with Crippen molar-refractivity contribution in [3.05, 3.63) is 35.6 Å². The van der Waals surface area contributed by atoms with E-state index in [2.05, 4.69) is 13.0 Å². The van der Waals surface area contributed by atoms with Crippen LogP contribution < -0.4 is 5.73 Å². The SMILES string of the molecule is Cc1cccc2oc(C(C)N)cc12. The quantitative estimate of drug-likeness (QED) is 0.723. The number of benzene rings is 1. The van der Waals surface area contributed by atoms with Crippen molar-refractivity contribution in [2.24, 2.45) is 5.73 Å². The molecule has 1 aromatic heterocycles. The van der Waals surface area contributed by atoms with Crippen LogP contribution in [0.25, 0.3) is 11.0 Å². The lowest BCUT2D eigenvalue weighted by atomic mass is 10.1. The molecule has 2 nitrogen and oxygen atoms in total. The molecule has 0 aliphatic carbocycles. The van der Waals surface area contributed by atoms with Gasteiger partial charge in [-0.3, -0.25) is 0 Å². The van der Waals surface area contributed by atoms with Crippen molar-refractivity contribution >= 4 is 11.0 Å². The van der Waals surface area contributed by atoms with E-state index in [9.17, 15) is 0 Å². The molecule has 68 valence electrons. The molecular weight excluding hydrogens is 162 g/mol. The molecule has 0 radical (unpaired) electrons. The van der Waals surface area contributed by atoms with Gasteiger partial charge in [0.1, 0.15) is 11.3 Å². The Morgan fingerprint density at radius 2 is 2.15 bits per heavy atom. The molecule has 1 atom stereocenters. The number of fused-ring (bicyclic) bond motifs is 1. The normalized spacial score (nSPS) is 13.5. The Hall–Kier alpha value is -1.28. The average molecular weight is 175 g/mol. The van der Waals surface area contributed by atoms with Crippen LogP contribution in [0.3, 0.4) is 0 Å². The Morgan fingerprint density at radius 3 is 2.77 bits per heavy atom. The van der Waals surface area contributed by atoms with Gasteiger partial charge in [0.05, 0.1) is 6.04 Å². The van der Waals surface area contributed by atoms with E-state index in [1.54, 1.807) is 0 Å². The molecular formula is C11H13NO. The topological polar surface area (TPSA) is 39.2 Å². The van der Waals surface area contributed by atoms with Gasteiger partial charge in [0.15, 0.2) is 0 Å². The number of aryl methyl sites for hydroxylation is 1. The molecule has 2 heteroatoms. The molecule has 0 bridgehead atoms. The zero-order valence-corrected chi connectivity index (χ0v) is 7.87. The number of nitrogens with two attached hydrogens (primary N) is 1. The van der Waals surface area contributed by atoms with E-state index in [1.807, 2.05) is 25.1 Å². The highest BCUT2D eigenvalue weighted by Crippen LogP contribution is 2.24. The van der Waals surface area contributed by atoms with Crippen molar-refractivity contribution in [2.45, 2.75) is 19.9 Å². The molecule has 0 aliphatic heterocycles. The molecule has 13 heavy (non-hydrogen) atoms. The van der Waals surface area contributed by atoms with Crippen LogP contribution in [0.4, 0.5) is 0 Å². The van der Waals surface area contributed by atoms with E-state index < -0.39 is 0 Å². The summed E-state index contributed by atoms with van der Waals surface area (Å²) in [5.74, 6) is 0.851.